The second-order valence-corrected chi connectivity index (χ2v) is 6.82. The number of amides is 1. The predicted molar refractivity (Wildman–Crippen MR) is 108 cm³/mol. The van der Waals surface area contributed by atoms with Crippen molar-refractivity contribution >= 4 is 16.8 Å². The number of carbonyl (C=O) groups excluding carboxylic acids is 1. The van der Waals surface area contributed by atoms with Crippen molar-refractivity contribution in [3.8, 4) is 11.4 Å². The summed E-state index contributed by atoms with van der Waals surface area (Å²) in [7, 11) is 0. The second-order valence-electron chi connectivity index (χ2n) is 6.82. The van der Waals surface area contributed by atoms with Crippen LogP contribution in [-0.4, -0.2) is 35.1 Å². The Morgan fingerprint density at radius 1 is 1.15 bits per heavy atom. The zero-order valence-corrected chi connectivity index (χ0v) is 16.0. The first-order valence-corrected chi connectivity index (χ1v) is 9.27. The molecule has 0 fully saturated rings. The quantitative estimate of drug-likeness (QED) is 0.641. The van der Waals surface area contributed by atoms with Gasteiger partial charge in [-0.2, -0.15) is 0 Å². The lowest BCUT2D eigenvalue weighted by Crippen LogP contribution is -2.26. The fraction of sp³-hybridized carbons (Fsp3) is 0.318. The smallest absolute Gasteiger partial charge is 0.252 e. The fourth-order valence-corrected chi connectivity index (χ4v) is 2.86. The van der Waals surface area contributed by atoms with E-state index in [4.69, 9.17) is 9.72 Å². The Labute approximate surface area is 159 Å². The lowest BCUT2D eigenvalue weighted by molar-refractivity contribution is 0.0757. The van der Waals surface area contributed by atoms with Crippen LogP contribution in [0.5, 0.6) is 0 Å². The van der Waals surface area contributed by atoms with Crippen molar-refractivity contribution in [2.45, 2.75) is 33.3 Å². The maximum Gasteiger partial charge on any atom is 0.252 e. The predicted octanol–water partition coefficient (Wildman–Crippen LogP) is 4.15. The zero-order valence-electron chi connectivity index (χ0n) is 16.0. The Kier molecular flexibility index (Phi) is 6.14. The largest absolute Gasteiger partial charge is 0.379 e. The summed E-state index contributed by atoms with van der Waals surface area (Å²) in [6.07, 6.45) is 2.71. The Balaban J connectivity index is 1.88. The number of pyridine rings is 2. The average Bonchev–Trinajstić information content (AvgIpc) is 2.67. The zero-order chi connectivity index (χ0) is 19.2. The third-order valence-electron chi connectivity index (χ3n) is 4.19. The van der Waals surface area contributed by atoms with E-state index in [0.717, 1.165) is 28.6 Å². The summed E-state index contributed by atoms with van der Waals surface area (Å²) in [5.41, 5.74) is 3.94. The molecule has 2 heterocycles. The van der Waals surface area contributed by atoms with Crippen LogP contribution in [-0.2, 0) is 4.74 Å². The molecular weight excluding hydrogens is 338 g/mol. The van der Waals surface area contributed by atoms with E-state index in [2.05, 4.69) is 10.3 Å². The van der Waals surface area contributed by atoms with Crippen molar-refractivity contribution in [2.24, 2.45) is 0 Å². The van der Waals surface area contributed by atoms with Gasteiger partial charge in [-0.05, 0) is 57.5 Å². The molecule has 0 spiro atoms. The molecule has 0 aliphatic heterocycles. The summed E-state index contributed by atoms with van der Waals surface area (Å²) < 4.78 is 5.52. The third kappa shape index (κ3) is 4.89. The highest BCUT2D eigenvalue weighted by Crippen LogP contribution is 2.24. The lowest BCUT2D eigenvalue weighted by Gasteiger charge is -2.12. The molecule has 0 aliphatic rings. The van der Waals surface area contributed by atoms with Crippen molar-refractivity contribution in [1.82, 2.24) is 15.3 Å². The maximum absolute atomic E-state index is 12.9. The first kappa shape index (κ1) is 19.0. The van der Waals surface area contributed by atoms with Gasteiger partial charge in [0.1, 0.15) is 0 Å². The van der Waals surface area contributed by atoms with Gasteiger partial charge in [-0.1, -0.05) is 17.7 Å². The van der Waals surface area contributed by atoms with Crippen molar-refractivity contribution in [1.29, 1.82) is 0 Å². The summed E-state index contributed by atoms with van der Waals surface area (Å²) in [6.45, 7) is 7.22. The Hall–Kier alpha value is -2.79. The monoisotopic (exact) mass is 363 g/mol. The number of hydrogen-bond donors (Lipinski definition) is 1. The van der Waals surface area contributed by atoms with E-state index in [9.17, 15) is 4.79 Å². The minimum absolute atomic E-state index is 0.102. The van der Waals surface area contributed by atoms with Crippen LogP contribution in [0.2, 0.25) is 0 Å². The number of nitrogens with one attached hydrogen (secondary N) is 1. The standard InChI is InChI=1S/C22H25N3O2/c1-15(2)27-12-6-11-24-22(26)18-14-21(20-7-4-5-10-23-20)25-19-9-8-16(3)13-17(18)19/h4-5,7-10,13-15H,6,11-12H2,1-3H3,(H,24,26). The van der Waals surface area contributed by atoms with E-state index >= 15 is 0 Å². The van der Waals surface area contributed by atoms with E-state index in [0.29, 0.717) is 24.4 Å². The summed E-state index contributed by atoms with van der Waals surface area (Å²) in [5.74, 6) is -0.102. The molecule has 0 saturated heterocycles. The number of hydrogen-bond acceptors (Lipinski definition) is 4. The molecule has 0 bridgehead atoms. The number of aryl methyl sites for hydroxylation is 1. The Morgan fingerprint density at radius 3 is 2.74 bits per heavy atom. The molecule has 0 radical (unpaired) electrons. The first-order chi connectivity index (χ1) is 13.0. The van der Waals surface area contributed by atoms with Gasteiger partial charge in [0.05, 0.1) is 28.6 Å². The van der Waals surface area contributed by atoms with Crippen molar-refractivity contribution in [3.63, 3.8) is 0 Å². The van der Waals surface area contributed by atoms with Crippen molar-refractivity contribution < 1.29 is 9.53 Å². The molecule has 2 aromatic heterocycles. The summed E-state index contributed by atoms with van der Waals surface area (Å²) >= 11 is 0. The molecule has 3 rings (SSSR count). The number of rotatable bonds is 7. The van der Waals surface area contributed by atoms with E-state index < -0.39 is 0 Å². The van der Waals surface area contributed by atoms with Gasteiger partial charge < -0.3 is 10.1 Å². The van der Waals surface area contributed by atoms with E-state index in [1.54, 1.807) is 6.20 Å². The highest BCUT2D eigenvalue weighted by Gasteiger charge is 2.14. The van der Waals surface area contributed by atoms with Crippen LogP contribution < -0.4 is 5.32 Å². The van der Waals surface area contributed by atoms with E-state index in [1.807, 2.05) is 63.2 Å². The molecule has 0 aliphatic carbocycles. The molecular formula is C22H25N3O2. The Bertz CT molecular complexity index is 923. The van der Waals surface area contributed by atoms with Gasteiger partial charge in [0.15, 0.2) is 0 Å². The highest BCUT2D eigenvalue weighted by molar-refractivity contribution is 6.07. The average molecular weight is 363 g/mol. The molecule has 3 aromatic rings. The number of benzene rings is 1. The number of aromatic nitrogens is 2. The van der Waals surface area contributed by atoms with Gasteiger partial charge >= 0.3 is 0 Å². The van der Waals surface area contributed by atoms with Gasteiger partial charge in [0, 0.05) is 24.7 Å². The molecule has 5 heteroatoms. The fourth-order valence-electron chi connectivity index (χ4n) is 2.86. The lowest BCUT2D eigenvalue weighted by atomic mass is 10.0. The number of carbonyl (C=O) groups is 1. The molecule has 0 unspecified atom stereocenters. The maximum atomic E-state index is 12.9. The van der Waals surface area contributed by atoms with Crippen LogP contribution >= 0.6 is 0 Å². The SMILES string of the molecule is Cc1ccc2nc(-c3ccccn3)cc(C(=O)NCCCOC(C)C)c2c1. The Morgan fingerprint density at radius 2 is 2.00 bits per heavy atom. The van der Waals surface area contributed by atoms with E-state index in [1.165, 1.54) is 0 Å². The summed E-state index contributed by atoms with van der Waals surface area (Å²) in [6, 6.07) is 13.4. The minimum atomic E-state index is -0.102. The molecule has 5 nitrogen and oxygen atoms in total. The normalized spacial score (nSPS) is 11.1. The van der Waals surface area contributed by atoms with Crippen molar-refractivity contribution in [2.75, 3.05) is 13.2 Å². The number of nitrogens with zero attached hydrogens (tertiary/aromatic N) is 2. The van der Waals surface area contributed by atoms with Crippen LogP contribution in [0.1, 0.15) is 36.2 Å². The molecule has 140 valence electrons. The van der Waals surface area contributed by atoms with Crippen LogP contribution in [0.3, 0.4) is 0 Å². The number of ether oxygens (including phenoxy) is 1. The molecule has 1 amide bonds. The van der Waals surface area contributed by atoms with Gasteiger partial charge in [0.2, 0.25) is 0 Å². The van der Waals surface area contributed by atoms with Gasteiger partial charge in [-0.15, -0.1) is 0 Å². The van der Waals surface area contributed by atoms with E-state index in [-0.39, 0.29) is 12.0 Å². The summed E-state index contributed by atoms with van der Waals surface area (Å²) in [4.78, 5) is 21.9. The molecule has 27 heavy (non-hydrogen) atoms. The highest BCUT2D eigenvalue weighted by atomic mass is 16.5. The molecule has 0 atom stereocenters. The van der Waals surface area contributed by atoms with Crippen LogP contribution in [0.4, 0.5) is 0 Å². The van der Waals surface area contributed by atoms with Crippen LogP contribution in [0.15, 0.2) is 48.7 Å². The second kappa shape index (κ2) is 8.73. The third-order valence-corrected chi connectivity index (χ3v) is 4.19. The molecule has 1 aromatic carbocycles. The summed E-state index contributed by atoms with van der Waals surface area (Å²) in [5, 5.41) is 3.85. The minimum Gasteiger partial charge on any atom is -0.379 e. The van der Waals surface area contributed by atoms with Crippen LogP contribution in [0, 0.1) is 6.92 Å². The van der Waals surface area contributed by atoms with Gasteiger partial charge in [0.25, 0.3) is 5.91 Å². The first-order valence-electron chi connectivity index (χ1n) is 9.27. The van der Waals surface area contributed by atoms with Gasteiger partial charge in [-0.3, -0.25) is 9.78 Å². The van der Waals surface area contributed by atoms with Crippen LogP contribution in [0.25, 0.3) is 22.3 Å². The molecule has 0 saturated carbocycles. The topological polar surface area (TPSA) is 64.1 Å². The molecule has 1 N–H and O–H groups in total. The van der Waals surface area contributed by atoms with Gasteiger partial charge in [-0.25, -0.2) is 4.98 Å². The number of fused-ring (bicyclic) bond motifs is 1. The van der Waals surface area contributed by atoms with Crippen molar-refractivity contribution in [3.05, 3.63) is 59.8 Å².